The van der Waals surface area contributed by atoms with E-state index in [1.165, 1.54) is 38.5 Å². The van der Waals surface area contributed by atoms with Crippen LogP contribution in [0, 0.1) is 0 Å². The number of esters is 1. The zero-order chi connectivity index (χ0) is 30.0. The van der Waals surface area contributed by atoms with Crippen LogP contribution in [0.2, 0.25) is 0 Å². The second-order valence-corrected chi connectivity index (χ2v) is 9.14. The van der Waals surface area contributed by atoms with Gasteiger partial charge >= 0.3 is 11.9 Å². The van der Waals surface area contributed by atoms with Crippen LogP contribution in [0.4, 0.5) is 0 Å². The number of aliphatic hydroxyl groups is 4. The SMILES string of the molecule is COc1cc(C2[OH+]c3cc(O)cc(O)c3C=C2O[C@@H]2O[C@H](COC(=O)CC(=O)O)[C@H](O)[C@@H](O)[C@H]2O)cc(OC)c1O. The van der Waals surface area contributed by atoms with Gasteiger partial charge in [0, 0.05) is 12.1 Å². The number of hydrogen-bond acceptors (Lipinski definition) is 13. The summed E-state index contributed by atoms with van der Waals surface area (Å²) in [6.07, 6.45) is -9.16. The van der Waals surface area contributed by atoms with Crippen molar-refractivity contribution in [1.29, 1.82) is 0 Å². The highest BCUT2D eigenvalue weighted by Gasteiger charge is 2.47. The van der Waals surface area contributed by atoms with Gasteiger partial charge in [-0.25, -0.2) is 0 Å². The van der Waals surface area contributed by atoms with Gasteiger partial charge < -0.3 is 64.2 Å². The topological polar surface area (TPSA) is 235 Å². The normalized spacial score (nSPS) is 25.2. The number of carboxylic acid groups (broad SMARTS) is 1. The van der Waals surface area contributed by atoms with Crippen LogP contribution in [0.1, 0.15) is 23.7 Å². The number of ether oxygens (including phenoxy) is 6. The number of methoxy groups -OCH3 is 2. The third-order valence-corrected chi connectivity index (χ3v) is 6.39. The smallest absolute Gasteiger partial charge is 0.317 e. The van der Waals surface area contributed by atoms with Crippen LogP contribution in [0.15, 0.2) is 30.0 Å². The molecule has 1 saturated heterocycles. The predicted octanol–water partition coefficient (Wildman–Crippen LogP) is -0.000200. The summed E-state index contributed by atoms with van der Waals surface area (Å²) in [5, 5.41) is 70.9. The van der Waals surface area contributed by atoms with E-state index in [4.69, 9.17) is 28.8 Å². The number of aliphatic hydroxyl groups excluding tert-OH is 3. The molecule has 1 fully saturated rings. The average Bonchev–Trinajstić information content (AvgIpc) is 2.92. The second-order valence-electron chi connectivity index (χ2n) is 9.14. The van der Waals surface area contributed by atoms with Gasteiger partial charge in [0.1, 0.15) is 54.5 Å². The number of hydrogen-bond donors (Lipinski definition) is 7. The molecule has 0 spiro atoms. The van der Waals surface area contributed by atoms with Crippen molar-refractivity contribution < 1.29 is 73.8 Å². The van der Waals surface area contributed by atoms with E-state index in [0.717, 1.165) is 6.07 Å². The molecule has 0 amide bonds. The van der Waals surface area contributed by atoms with Crippen LogP contribution in [0.3, 0.4) is 0 Å². The van der Waals surface area contributed by atoms with E-state index in [9.17, 15) is 40.2 Å². The van der Waals surface area contributed by atoms with Crippen LogP contribution >= 0.6 is 0 Å². The lowest BCUT2D eigenvalue weighted by atomic mass is 9.98. The molecule has 15 nitrogen and oxygen atoms in total. The maximum atomic E-state index is 11.7. The zero-order valence-electron chi connectivity index (χ0n) is 21.7. The first-order valence-electron chi connectivity index (χ1n) is 12.1. The highest BCUT2D eigenvalue weighted by atomic mass is 16.7. The number of carbonyl (C=O) groups excluding carboxylic acids is 1. The Labute approximate surface area is 231 Å². The fraction of sp³-hybridized carbons (Fsp3) is 0.385. The summed E-state index contributed by atoms with van der Waals surface area (Å²) in [7, 11) is 2.63. The highest BCUT2D eigenvalue weighted by Crippen LogP contribution is 2.48. The van der Waals surface area contributed by atoms with E-state index >= 15 is 0 Å². The fourth-order valence-electron chi connectivity index (χ4n) is 4.33. The van der Waals surface area contributed by atoms with Gasteiger partial charge in [0.25, 0.3) is 11.9 Å². The van der Waals surface area contributed by atoms with E-state index in [0.29, 0.717) is 5.56 Å². The molecule has 8 N–H and O–H groups in total. The summed E-state index contributed by atoms with van der Waals surface area (Å²) in [5.74, 6) is -3.32. The minimum atomic E-state index is -1.83. The van der Waals surface area contributed by atoms with Crippen LogP contribution in [-0.4, -0.2) is 104 Å². The van der Waals surface area contributed by atoms with E-state index in [1.807, 2.05) is 0 Å². The maximum Gasteiger partial charge on any atom is 0.317 e. The van der Waals surface area contributed by atoms with Crippen molar-refractivity contribution in [2.45, 2.75) is 43.2 Å². The lowest BCUT2D eigenvalue weighted by Crippen LogP contribution is -2.59. The van der Waals surface area contributed by atoms with Gasteiger partial charge in [-0.05, 0) is 12.1 Å². The van der Waals surface area contributed by atoms with Crippen molar-refractivity contribution in [2.75, 3.05) is 20.8 Å². The molecule has 2 aromatic carbocycles. The zero-order valence-corrected chi connectivity index (χ0v) is 21.7. The first kappa shape index (κ1) is 29.5. The summed E-state index contributed by atoms with van der Waals surface area (Å²) in [6.45, 7) is -0.668. The monoisotopic (exact) mass is 581 g/mol. The van der Waals surface area contributed by atoms with Crippen LogP contribution in [0.25, 0.3) is 6.08 Å². The molecule has 4 rings (SSSR count). The number of benzene rings is 2. The van der Waals surface area contributed by atoms with Gasteiger partial charge in [-0.3, -0.25) is 9.59 Å². The Hall–Kier alpha value is -4.44. The van der Waals surface area contributed by atoms with E-state index < -0.39 is 61.8 Å². The van der Waals surface area contributed by atoms with Crippen molar-refractivity contribution in [2.24, 2.45) is 0 Å². The first-order valence-corrected chi connectivity index (χ1v) is 12.1. The predicted molar refractivity (Wildman–Crippen MR) is 134 cm³/mol. The van der Waals surface area contributed by atoms with Gasteiger partial charge in [0.15, 0.2) is 17.3 Å². The molecule has 2 aliphatic rings. The fourth-order valence-corrected chi connectivity index (χ4v) is 4.33. The van der Waals surface area contributed by atoms with Gasteiger partial charge in [-0.1, -0.05) is 0 Å². The molecule has 0 saturated carbocycles. The second kappa shape index (κ2) is 12.0. The van der Waals surface area contributed by atoms with Crippen LogP contribution in [-0.2, 0) is 23.8 Å². The Morgan fingerprint density at radius 1 is 0.951 bits per heavy atom. The minimum absolute atomic E-state index is 0.0224. The lowest BCUT2D eigenvalue weighted by molar-refractivity contribution is -0.296. The number of fused-ring (bicyclic) bond motifs is 1. The Kier molecular flexibility index (Phi) is 8.63. The van der Waals surface area contributed by atoms with Crippen molar-refractivity contribution in [3.05, 3.63) is 41.2 Å². The number of phenols is 3. The average molecular weight is 582 g/mol. The largest absolute Gasteiger partial charge is 0.571 e. The minimum Gasteiger partial charge on any atom is -0.571 e. The highest BCUT2D eigenvalue weighted by molar-refractivity contribution is 5.90. The number of aromatic hydroxyl groups is 4. The Balaban J connectivity index is 1.69. The molecule has 0 radical (unpaired) electrons. The molecule has 0 aliphatic carbocycles. The molecule has 2 aromatic rings. The van der Waals surface area contributed by atoms with Crippen molar-refractivity contribution in [3.63, 3.8) is 0 Å². The Bertz CT molecular complexity index is 1310. The Morgan fingerprint density at radius 2 is 1.61 bits per heavy atom. The summed E-state index contributed by atoms with van der Waals surface area (Å²) >= 11 is 0. The quantitative estimate of drug-likeness (QED) is 0.117. The van der Waals surface area contributed by atoms with Gasteiger partial charge in [-0.15, -0.1) is 0 Å². The lowest BCUT2D eigenvalue weighted by Gasteiger charge is -2.40. The molecule has 15 heteroatoms. The van der Waals surface area contributed by atoms with Crippen molar-refractivity contribution >= 4 is 18.0 Å². The summed E-state index contributed by atoms with van der Waals surface area (Å²) in [6, 6.07) is 5.22. The molecule has 2 aliphatic heterocycles. The van der Waals surface area contributed by atoms with Gasteiger partial charge in [0.05, 0.1) is 25.8 Å². The van der Waals surface area contributed by atoms with Crippen molar-refractivity contribution in [1.82, 2.24) is 0 Å². The third-order valence-electron chi connectivity index (χ3n) is 6.39. The molecule has 0 bridgehead atoms. The first-order chi connectivity index (χ1) is 19.4. The third kappa shape index (κ3) is 6.17. The molecular weight excluding hydrogens is 552 g/mol. The van der Waals surface area contributed by atoms with Crippen LogP contribution < -0.4 is 9.47 Å². The molecular formula is C26H29O15+. The number of carboxylic acids is 1. The molecule has 2 heterocycles. The number of carbonyl (C=O) groups is 2. The van der Waals surface area contributed by atoms with Crippen molar-refractivity contribution in [3.8, 4) is 34.5 Å². The molecule has 41 heavy (non-hydrogen) atoms. The van der Waals surface area contributed by atoms with E-state index in [1.54, 1.807) is 0 Å². The number of rotatable bonds is 9. The standard InChI is InChI=1S/C26H28O15/c1-36-15-3-10(4-16(37-2)21(15)32)25-17(7-12-13(28)5-11(27)6-14(12)39-25)40-26-24(35)23(34)22(33)18(41-26)9-38-20(31)8-19(29)30/h3-7,18,22-28,32-35H,8-9H2,1-2H3,(H,29,30)/p+1/t18-,22+,23-,24-,25?,26-/m1/s1. The Morgan fingerprint density at radius 3 is 2.22 bits per heavy atom. The molecule has 0 aromatic heterocycles. The summed E-state index contributed by atoms with van der Waals surface area (Å²) in [4.78, 5) is 22.4. The maximum absolute atomic E-state index is 11.7. The number of phenolic OH excluding ortho intramolecular Hbond substituents is 3. The molecule has 222 valence electrons. The van der Waals surface area contributed by atoms with Gasteiger partial charge in [-0.2, -0.15) is 0 Å². The van der Waals surface area contributed by atoms with Crippen LogP contribution in [0.5, 0.6) is 34.5 Å². The summed E-state index contributed by atoms with van der Waals surface area (Å²) < 4.78 is 31.3. The van der Waals surface area contributed by atoms with E-state index in [-0.39, 0.29) is 45.8 Å². The molecule has 6 atom stereocenters. The van der Waals surface area contributed by atoms with Gasteiger partial charge in [0.2, 0.25) is 12.0 Å². The summed E-state index contributed by atoms with van der Waals surface area (Å²) in [5.41, 5.74) is 0.470. The number of aliphatic carboxylic acids is 1. The van der Waals surface area contributed by atoms with E-state index in [2.05, 4.69) is 4.74 Å². The molecule has 1 unspecified atom stereocenters.